The molecule has 3 rings (SSSR count). The number of hydrogen-bond donors (Lipinski definition) is 1. The van der Waals surface area contributed by atoms with Crippen LogP contribution in [0.1, 0.15) is 10.4 Å². The molecule has 0 aliphatic rings. The number of carbonyl (C=O) groups is 1. The molecule has 0 aliphatic carbocycles. The maximum absolute atomic E-state index is 12.3. The minimum atomic E-state index is -0.354. The van der Waals surface area contributed by atoms with Crippen molar-refractivity contribution in [1.29, 1.82) is 0 Å². The molecule has 1 aromatic carbocycles. The smallest absolute Gasteiger partial charge is 0.259 e. The van der Waals surface area contributed by atoms with Gasteiger partial charge in [0, 0.05) is 24.5 Å². The van der Waals surface area contributed by atoms with Crippen LogP contribution >= 0.6 is 23.2 Å². The summed E-state index contributed by atoms with van der Waals surface area (Å²) in [5, 5.41) is 3.49. The van der Waals surface area contributed by atoms with E-state index in [0.717, 1.165) is 5.69 Å². The molecule has 5 nitrogen and oxygen atoms in total. The molecule has 116 valence electrons. The number of nitrogens with zero attached hydrogens (tertiary/aromatic N) is 3. The van der Waals surface area contributed by atoms with Gasteiger partial charge in [-0.05, 0) is 30.3 Å². The Bertz CT molecular complexity index is 862. The third-order valence-electron chi connectivity index (χ3n) is 3.20. The molecule has 0 saturated heterocycles. The predicted octanol–water partition coefficient (Wildman–Crippen LogP) is 4.04. The lowest BCUT2D eigenvalue weighted by Gasteiger charge is -2.06. The molecule has 0 atom stereocenters. The number of hydrogen-bond acceptors (Lipinski definition) is 3. The summed E-state index contributed by atoms with van der Waals surface area (Å²) in [5.41, 5.74) is 1.73. The average Bonchev–Trinajstić information content (AvgIpc) is 2.89. The van der Waals surface area contributed by atoms with E-state index < -0.39 is 0 Å². The Morgan fingerprint density at radius 1 is 1.17 bits per heavy atom. The molecular weight excluding hydrogens is 335 g/mol. The van der Waals surface area contributed by atoms with Gasteiger partial charge in [0.25, 0.3) is 5.91 Å². The van der Waals surface area contributed by atoms with E-state index in [1.807, 2.05) is 18.2 Å². The van der Waals surface area contributed by atoms with Crippen LogP contribution in [-0.2, 0) is 7.05 Å². The van der Waals surface area contributed by atoms with Crippen molar-refractivity contribution in [3.05, 3.63) is 64.4 Å². The topological polar surface area (TPSA) is 59.8 Å². The number of rotatable bonds is 3. The zero-order valence-electron chi connectivity index (χ0n) is 12.1. The van der Waals surface area contributed by atoms with E-state index in [1.165, 1.54) is 6.07 Å². The summed E-state index contributed by atoms with van der Waals surface area (Å²) in [6.45, 7) is 0. The molecule has 1 amide bonds. The molecule has 0 unspecified atom stereocenters. The van der Waals surface area contributed by atoms with Gasteiger partial charge in [0.1, 0.15) is 5.69 Å². The first-order valence-corrected chi connectivity index (χ1v) is 7.51. The van der Waals surface area contributed by atoms with E-state index in [-0.39, 0.29) is 10.9 Å². The van der Waals surface area contributed by atoms with Gasteiger partial charge in [-0.25, -0.2) is 4.98 Å². The molecule has 0 bridgehead atoms. The van der Waals surface area contributed by atoms with E-state index in [1.54, 1.807) is 36.1 Å². The fraction of sp³-hybridized carbons (Fsp3) is 0.0625. The van der Waals surface area contributed by atoms with Gasteiger partial charge in [0.2, 0.25) is 5.95 Å². The first-order chi connectivity index (χ1) is 11.0. The highest BCUT2D eigenvalue weighted by Gasteiger charge is 2.15. The Morgan fingerprint density at radius 3 is 2.70 bits per heavy atom. The van der Waals surface area contributed by atoms with Crippen LogP contribution in [0.4, 0.5) is 5.95 Å². The summed E-state index contributed by atoms with van der Waals surface area (Å²) in [6, 6.07) is 10.3. The lowest BCUT2D eigenvalue weighted by atomic mass is 10.2. The van der Waals surface area contributed by atoms with Crippen LogP contribution in [0, 0.1) is 0 Å². The number of nitrogens with one attached hydrogen (secondary N) is 1. The van der Waals surface area contributed by atoms with Crippen molar-refractivity contribution < 1.29 is 4.79 Å². The monoisotopic (exact) mass is 346 g/mol. The second kappa shape index (κ2) is 6.40. The van der Waals surface area contributed by atoms with E-state index >= 15 is 0 Å². The van der Waals surface area contributed by atoms with E-state index in [2.05, 4.69) is 15.3 Å². The van der Waals surface area contributed by atoms with Crippen LogP contribution in [0.3, 0.4) is 0 Å². The molecule has 0 radical (unpaired) electrons. The zero-order chi connectivity index (χ0) is 16.4. The molecule has 3 aromatic rings. The third-order valence-corrected chi connectivity index (χ3v) is 3.75. The zero-order valence-corrected chi connectivity index (χ0v) is 13.6. The molecule has 0 aliphatic heterocycles. The molecule has 23 heavy (non-hydrogen) atoms. The van der Waals surface area contributed by atoms with Gasteiger partial charge in [-0.15, -0.1) is 0 Å². The number of aromatic nitrogens is 3. The number of halogens is 2. The van der Waals surface area contributed by atoms with Crippen LogP contribution in [0.5, 0.6) is 0 Å². The first kappa shape index (κ1) is 15.5. The third kappa shape index (κ3) is 3.36. The predicted molar refractivity (Wildman–Crippen MR) is 90.9 cm³/mol. The molecule has 0 saturated carbocycles. The van der Waals surface area contributed by atoms with Crippen molar-refractivity contribution in [2.45, 2.75) is 0 Å². The van der Waals surface area contributed by atoms with Crippen molar-refractivity contribution >= 4 is 35.1 Å². The Kier molecular flexibility index (Phi) is 4.32. The normalized spacial score (nSPS) is 10.6. The molecule has 7 heteroatoms. The molecule has 2 aromatic heterocycles. The van der Waals surface area contributed by atoms with Gasteiger partial charge in [-0.3, -0.25) is 15.1 Å². The highest BCUT2D eigenvalue weighted by molar-refractivity contribution is 6.37. The van der Waals surface area contributed by atoms with Crippen molar-refractivity contribution in [2.75, 3.05) is 5.32 Å². The summed E-state index contributed by atoms with van der Waals surface area (Å²) in [4.78, 5) is 21.0. The standard InChI is InChI=1S/C16H12Cl2N4O/c1-22-9-14(13-4-2-3-7-19-13)20-16(22)21-15(23)11-6-5-10(17)8-12(11)18/h2-9H,1H3,(H,20,21,23). The average molecular weight is 347 g/mol. The number of pyridine rings is 1. The lowest BCUT2D eigenvalue weighted by molar-refractivity contribution is 0.102. The molecule has 1 N–H and O–H groups in total. The highest BCUT2D eigenvalue weighted by Crippen LogP contribution is 2.23. The number of carbonyl (C=O) groups excluding carboxylic acids is 1. The minimum Gasteiger partial charge on any atom is -0.320 e. The van der Waals surface area contributed by atoms with Crippen molar-refractivity contribution in [3.8, 4) is 11.4 Å². The highest BCUT2D eigenvalue weighted by atomic mass is 35.5. The van der Waals surface area contributed by atoms with Crippen molar-refractivity contribution in [1.82, 2.24) is 14.5 Å². The number of amides is 1. The van der Waals surface area contributed by atoms with Gasteiger partial charge in [0.05, 0.1) is 16.3 Å². The van der Waals surface area contributed by atoms with Crippen LogP contribution in [0.25, 0.3) is 11.4 Å². The van der Waals surface area contributed by atoms with E-state index in [9.17, 15) is 4.79 Å². The van der Waals surface area contributed by atoms with Gasteiger partial charge >= 0.3 is 0 Å². The van der Waals surface area contributed by atoms with Gasteiger partial charge in [-0.1, -0.05) is 29.3 Å². The Hall–Kier alpha value is -2.37. The fourth-order valence-electron chi connectivity index (χ4n) is 2.06. The van der Waals surface area contributed by atoms with Crippen LogP contribution < -0.4 is 5.32 Å². The Morgan fingerprint density at radius 2 is 2.00 bits per heavy atom. The molecule has 2 heterocycles. The van der Waals surface area contributed by atoms with Crippen LogP contribution in [0.15, 0.2) is 48.8 Å². The summed E-state index contributed by atoms with van der Waals surface area (Å²) in [7, 11) is 1.79. The maximum atomic E-state index is 12.3. The number of imidazole rings is 1. The molecular formula is C16H12Cl2N4O. The van der Waals surface area contributed by atoms with Crippen molar-refractivity contribution in [3.63, 3.8) is 0 Å². The Labute approximate surface area is 142 Å². The largest absolute Gasteiger partial charge is 0.320 e. The fourth-order valence-corrected chi connectivity index (χ4v) is 2.56. The van der Waals surface area contributed by atoms with Gasteiger partial charge in [-0.2, -0.15) is 0 Å². The summed E-state index contributed by atoms with van der Waals surface area (Å²) in [5.74, 6) is 0.0506. The second-order valence-electron chi connectivity index (χ2n) is 4.85. The van der Waals surface area contributed by atoms with Crippen LogP contribution in [-0.4, -0.2) is 20.4 Å². The van der Waals surface area contributed by atoms with Crippen LogP contribution in [0.2, 0.25) is 10.0 Å². The maximum Gasteiger partial charge on any atom is 0.259 e. The summed E-state index contributed by atoms with van der Waals surface area (Å²) >= 11 is 11.9. The number of aryl methyl sites for hydroxylation is 1. The SMILES string of the molecule is Cn1cc(-c2ccccn2)nc1NC(=O)c1ccc(Cl)cc1Cl. The first-order valence-electron chi connectivity index (χ1n) is 6.76. The summed E-state index contributed by atoms with van der Waals surface area (Å²) < 4.78 is 1.71. The summed E-state index contributed by atoms with van der Waals surface area (Å²) in [6.07, 6.45) is 3.48. The quantitative estimate of drug-likeness (QED) is 0.778. The second-order valence-corrected chi connectivity index (χ2v) is 5.70. The van der Waals surface area contributed by atoms with Crippen molar-refractivity contribution in [2.24, 2.45) is 7.05 Å². The lowest BCUT2D eigenvalue weighted by Crippen LogP contribution is -2.15. The van der Waals surface area contributed by atoms with E-state index in [0.29, 0.717) is 22.2 Å². The van der Waals surface area contributed by atoms with Gasteiger partial charge < -0.3 is 4.57 Å². The van der Waals surface area contributed by atoms with E-state index in [4.69, 9.17) is 23.2 Å². The van der Waals surface area contributed by atoms with Gasteiger partial charge in [0.15, 0.2) is 0 Å². The number of anilines is 1. The molecule has 0 spiro atoms. The molecule has 0 fully saturated rings. The minimum absolute atomic E-state index is 0.286. The number of benzene rings is 1. The Balaban J connectivity index is 1.86.